The zero-order chi connectivity index (χ0) is 17.1. The van der Waals surface area contributed by atoms with Gasteiger partial charge in [0, 0.05) is 6.42 Å². The Morgan fingerprint density at radius 1 is 1.13 bits per heavy atom. The molecular weight excluding hydrogens is 292 g/mol. The summed E-state index contributed by atoms with van der Waals surface area (Å²) in [5, 5.41) is 9.09. The smallest absolute Gasteiger partial charge is 0.306 e. The van der Waals surface area contributed by atoms with Crippen molar-refractivity contribution in [1.29, 1.82) is 0 Å². The Morgan fingerprint density at radius 3 is 2.39 bits per heavy atom. The average Bonchev–Trinajstić information content (AvgIpc) is 2.51. The number of carboxylic acids is 1. The van der Waals surface area contributed by atoms with Crippen LogP contribution in [0.5, 0.6) is 5.75 Å². The summed E-state index contributed by atoms with van der Waals surface area (Å²) < 4.78 is 5.62. The number of hydrogen-bond acceptors (Lipinski definition) is 3. The first-order valence-electron chi connectivity index (χ1n) is 8.47. The van der Waals surface area contributed by atoms with Crippen LogP contribution in [0.15, 0.2) is 24.3 Å². The van der Waals surface area contributed by atoms with Crippen molar-refractivity contribution < 1.29 is 19.4 Å². The van der Waals surface area contributed by atoms with Crippen molar-refractivity contribution in [2.24, 2.45) is 5.92 Å². The summed E-state index contributed by atoms with van der Waals surface area (Å²) in [7, 11) is 0. The van der Waals surface area contributed by atoms with Gasteiger partial charge in [-0.2, -0.15) is 0 Å². The molecule has 23 heavy (non-hydrogen) atoms. The molecule has 0 saturated carbocycles. The summed E-state index contributed by atoms with van der Waals surface area (Å²) in [5.74, 6) is -0.568. The standard InChI is InChI=1S/C19H28O4/c1-3-4-13-23-18-11-9-16(10-12-18)7-5-6-8-17(19(21)22)14-15(2)20/h9-12,17H,3-8,13-14H2,1-2H3,(H,21,22)/t17-/m1/s1. The zero-order valence-electron chi connectivity index (χ0n) is 14.2. The lowest BCUT2D eigenvalue weighted by Gasteiger charge is -2.10. The van der Waals surface area contributed by atoms with E-state index in [0.717, 1.165) is 44.5 Å². The lowest BCUT2D eigenvalue weighted by atomic mass is 9.95. The van der Waals surface area contributed by atoms with E-state index in [1.165, 1.54) is 12.5 Å². The van der Waals surface area contributed by atoms with Gasteiger partial charge in [-0.15, -0.1) is 0 Å². The molecule has 0 fully saturated rings. The molecule has 0 saturated heterocycles. The van der Waals surface area contributed by atoms with Gasteiger partial charge in [-0.25, -0.2) is 0 Å². The monoisotopic (exact) mass is 320 g/mol. The van der Waals surface area contributed by atoms with Crippen LogP contribution in [0.3, 0.4) is 0 Å². The average molecular weight is 320 g/mol. The van der Waals surface area contributed by atoms with E-state index in [1.54, 1.807) is 0 Å². The van der Waals surface area contributed by atoms with E-state index in [2.05, 4.69) is 19.1 Å². The zero-order valence-corrected chi connectivity index (χ0v) is 14.2. The summed E-state index contributed by atoms with van der Waals surface area (Å²) in [6, 6.07) is 8.10. The minimum Gasteiger partial charge on any atom is -0.494 e. The van der Waals surface area contributed by atoms with Crippen LogP contribution in [0, 0.1) is 5.92 Å². The second kappa shape index (κ2) is 10.8. The van der Waals surface area contributed by atoms with Gasteiger partial charge in [0.1, 0.15) is 11.5 Å². The third kappa shape index (κ3) is 8.38. The van der Waals surface area contributed by atoms with Crippen LogP contribution in [-0.2, 0) is 16.0 Å². The Labute approximate surface area is 138 Å². The first-order valence-corrected chi connectivity index (χ1v) is 8.47. The number of unbranched alkanes of at least 4 members (excludes halogenated alkanes) is 2. The molecule has 0 amide bonds. The van der Waals surface area contributed by atoms with Crippen molar-refractivity contribution in [2.45, 2.75) is 58.8 Å². The minimum atomic E-state index is -0.867. The maximum absolute atomic E-state index is 11.1. The van der Waals surface area contributed by atoms with E-state index in [0.29, 0.717) is 6.42 Å². The molecule has 0 bridgehead atoms. The van der Waals surface area contributed by atoms with Crippen molar-refractivity contribution in [2.75, 3.05) is 6.61 Å². The van der Waals surface area contributed by atoms with Gasteiger partial charge in [-0.1, -0.05) is 31.9 Å². The number of ether oxygens (including phenoxy) is 1. The molecule has 0 aliphatic heterocycles. The van der Waals surface area contributed by atoms with Crippen LogP contribution >= 0.6 is 0 Å². The summed E-state index contributed by atoms with van der Waals surface area (Å²) in [6.07, 6.45) is 5.55. The normalized spacial score (nSPS) is 11.9. The molecule has 4 nitrogen and oxygen atoms in total. The first-order chi connectivity index (χ1) is 11.0. The lowest BCUT2D eigenvalue weighted by Crippen LogP contribution is -2.16. The molecule has 1 N–H and O–H groups in total. The maximum Gasteiger partial charge on any atom is 0.306 e. The number of Topliss-reactive ketones (excluding diaryl/α,β-unsaturated/α-hetero) is 1. The van der Waals surface area contributed by atoms with E-state index in [-0.39, 0.29) is 12.2 Å². The quantitative estimate of drug-likeness (QED) is 0.585. The highest BCUT2D eigenvalue weighted by Crippen LogP contribution is 2.17. The first kappa shape index (κ1) is 19.2. The second-order valence-corrected chi connectivity index (χ2v) is 6.03. The van der Waals surface area contributed by atoms with Crippen LogP contribution in [0.25, 0.3) is 0 Å². The SMILES string of the molecule is CCCCOc1ccc(CCCC[C@H](CC(C)=O)C(=O)O)cc1. The van der Waals surface area contributed by atoms with Crippen LogP contribution in [0.1, 0.15) is 57.9 Å². The van der Waals surface area contributed by atoms with E-state index in [9.17, 15) is 9.59 Å². The highest BCUT2D eigenvalue weighted by atomic mass is 16.5. The second-order valence-electron chi connectivity index (χ2n) is 6.03. The van der Waals surface area contributed by atoms with Gasteiger partial charge in [0.15, 0.2) is 0 Å². The van der Waals surface area contributed by atoms with Crippen molar-refractivity contribution >= 4 is 11.8 Å². The van der Waals surface area contributed by atoms with Crippen LogP contribution < -0.4 is 4.74 Å². The number of carboxylic acid groups (broad SMARTS) is 1. The van der Waals surface area contributed by atoms with Crippen molar-refractivity contribution in [3.05, 3.63) is 29.8 Å². The molecule has 0 spiro atoms. The number of aryl methyl sites for hydroxylation is 1. The number of hydrogen-bond donors (Lipinski definition) is 1. The Kier molecular flexibility index (Phi) is 9.03. The molecule has 0 aliphatic carbocycles. The van der Waals surface area contributed by atoms with E-state index >= 15 is 0 Å². The van der Waals surface area contributed by atoms with E-state index < -0.39 is 11.9 Å². The van der Waals surface area contributed by atoms with Crippen LogP contribution in [-0.4, -0.2) is 23.5 Å². The summed E-state index contributed by atoms with van der Waals surface area (Å²) in [6.45, 7) is 4.33. The number of benzene rings is 1. The van der Waals surface area contributed by atoms with Crippen molar-refractivity contribution in [3.63, 3.8) is 0 Å². The predicted octanol–water partition coefficient (Wildman–Crippen LogP) is 4.26. The Morgan fingerprint density at radius 2 is 1.83 bits per heavy atom. The van der Waals surface area contributed by atoms with Gasteiger partial charge in [0.05, 0.1) is 12.5 Å². The third-order valence-electron chi connectivity index (χ3n) is 3.84. The highest BCUT2D eigenvalue weighted by molar-refractivity contribution is 5.81. The molecule has 0 unspecified atom stereocenters. The molecule has 0 radical (unpaired) electrons. The van der Waals surface area contributed by atoms with Gasteiger partial charge in [-0.05, 0) is 50.3 Å². The molecule has 1 rings (SSSR count). The van der Waals surface area contributed by atoms with Crippen molar-refractivity contribution in [1.82, 2.24) is 0 Å². The number of ketones is 1. The van der Waals surface area contributed by atoms with Gasteiger partial charge in [0.2, 0.25) is 0 Å². The largest absolute Gasteiger partial charge is 0.494 e. The topological polar surface area (TPSA) is 63.6 Å². The third-order valence-corrected chi connectivity index (χ3v) is 3.84. The number of carbonyl (C=O) groups is 2. The van der Waals surface area contributed by atoms with E-state index in [4.69, 9.17) is 9.84 Å². The molecule has 1 aromatic rings. The number of aliphatic carboxylic acids is 1. The maximum atomic E-state index is 11.1. The molecule has 0 aromatic heterocycles. The molecule has 1 aromatic carbocycles. The van der Waals surface area contributed by atoms with Gasteiger partial charge in [-0.3, -0.25) is 4.79 Å². The number of rotatable bonds is 12. The van der Waals surface area contributed by atoms with E-state index in [1.807, 2.05) is 12.1 Å². The highest BCUT2D eigenvalue weighted by Gasteiger charge is 2.18. The van der Waals surface area contributed by atoms with Gasteiger partial charge < -0.3 is 14.6 Å². The fraction of sp³-hybridized carbons (Fsp3) is 0.579. The molecule has 4 heteroatoms. The molecule has 1 atom stereocenters. The Hall–Kier alpha value is -1.84. The predicted molar refractivity (Wildman–Crippen MR) is 90.8 cm³/mol. The summed E-state index contributed by atoms with van der Waals surface area (Å²) in [5.41, 5.74) is 1.23. The Balaban J connectivity index is 2.29. The van der Waals surface area contributed by atoms with Crippen LogP contribution in [0.4, 0.5) is 0 Å². The molecular formula is C19H28O4. The fourth-order valence-electron chi connectivity index (χ4n) is 2.47. The summed E-state index contributed by atoms with van der Waals surface area (Å²) >= 11 is 0. The fourth-order valence-corrected chi connectivity index (χ4v) is 2.47. The molecule has 0 aliphatic rings. The van der Waals surface area contributed by atoms with Gasteiger partial charge >= 0.3 is 5.97 Å². The molecule has 128 valence electrons. The van der Waals surface area contributed by atoms with Crippen LogP contribution in [0.2, 0.25) is 0 Å². The van der Waals surface area contributed by atoms with Crippen molar-refractivity contribution in [3.8, 4) is 5.75 Å². The summed E-state index contributed by atoms with van der Waals surface area (Å²) in [4.78, 5) is 22.1. The lowest BCUT2D eigenvalue weighted by molar-refractivity contribution is -0.143. The number of carbonyl (C=O) groups excluding carboxylic acids is 1. The molecule has 0 heterocycles. The van der Waals surface area contributed by atoms with Gasteiger partial charge in [0.25, 0.3) is 0 Å². The minimum absolute atomic E-state index is 0.0592. The Bertz CT molecular complexity index is 479.